The van der Waals surface area contributed by atoms with Crippen LogP contribution in [0.1, 0.15) is 17.2 Å². The van der Waals surface area contributed by atoms with Gasteiger partial charge in [0.25, 0.3) is 0 Å². The van der Waals surface area contributed by atoms with Gasteiger partial charge in [-0.1, -0.05) is 11.6 Å². The second kappa shape index (κ2) is 5.18. The van der Waals surface area contributed by atoms with Crippen molar-refractivity contribution in [2.45, 2.75) is 13.0 Å². The highest BCUT2D eigenvalue weighted by Gasteiger charge is 2.21. The van der Waals surface area contributed by atoms with Crippen LogP contribution >= 0.6 is 11.6 Å². The zero-order chi connectivity index (χ0) is 12.3. The molecule has 0 heterocycles. The minimum atomic E-state index is -1.35. The van der Waals surface area contributed by atoms with Gasteiger partial charge in [-0.2, -0.15) is 0 Å². The van der Waals surface area contributed by atoms with Crippen LogP contribution in [0.4, 0.5) is 0 Å². The molecule has 0 aromatic heterocycles. The Bertz CT molecular complexity index is 403. The van der Waals surface area contributed by atoms with Crippen molar-refractivity contribution in [3.8, 4) is 5.75 Å². The van der Waals surface area contributed by atoms with E-state index in [0.29, 0.717) is 21.9 Å². The summed E-state index contributed by atoms with van der Waals surface area (Å²) in [6, 6.07) is 3.17. The SMILES string of the molecule is COC(=O)C(O)c1cc(OC)cc(Cl)c1C. The number of carbonyl (C=O) groups is 1. The van der Waals surface area contributed by atoms with Crippen LogP contribution in [0.2, 0.25) is 5.02 Å². The number of aliphatic hydroxyl groups excluding tert-OH is 1. The molecule has 0 bridgehead atoms. The number of carbonyl (C=O) groups excluding carboxylic acids is 1. The van der Waals surface area contributed by atoms with E-state index in [9.17, 15) is 9.90 Å². The van der Waals surface area contributed by atoms with E-state index in [1.54, 1.807) is 19.1 Å². The predicted molar refractivity (Wildman–Crippen MR) is 59.7 cm³/mol. The highest BCUT2D eigenvalue weighted by molar-refractivity contribution is 6.31. The Morgan fingerprint density at radius 1 is 1.44 bits per heavy atom. The van der Waals surface area contributed by atoms with Crippen molar-refractivity contribution >= 4 is 17.6 Å². The third-order valence-corrected chi connectivity index (χ3v) is 2.71. The van der Waals surface area contributed by atoms with Crippen molar-refractivity contribution in [1.82, 2.24) is 0 Å². The fourth-order valence-electron chi connectivity index (χ4n) is 1.31. The van der Waals surface area contributed by atoms with Gasteiger partial charge in [0.15, 0.2) is 6.10 Å². The molecular formula is C11H13ClO4. The Morgan fingerprint density at radius 3 is 2.56 bits per heavy atom. The van der Waals surface area contributed by atoms with Crippen LogP contribution in [0.5, 0.6) is 5.75 Å². The van der Waals surface area contributed by atoms with Crippen molar-refractivity contribution in [3.63, 3.8) is 0 Å². The zero-order valence-corrected chi connectivity index (χ0v) is 10.0. The van der Waals surface area contributed by atoms with E-state index < -0.39 is 12.1 Å². The normalized spacial score (nSPS) is 12.1. The summed E-state index contributed by atoms with van der Waals surface area (Å²) in [5.74, 6) is -0.249. The molecule has 1 unspecified atom stereocenters. The van der Waals surface area contributed by atoms with Crippen molar-refractivity contribution < 1.29 is 19.4 Å². The lowest BCUT2D eigenvalue weighted by molar-refractivity contribution is -0.150. The smallest absolute Gasteiger partial charge is 0.339 e. The van der Waals surface area contributed by atoms with Crippen molar-refractivity contribution in [2.24, 2.45) is 0 Å². The van der Waals surface area contributed by atoms with Gasteiger partial charge in [0, 0.05) is 5.02 Å². The lowest BCUT2D eigenvalue weighted by atomic mass is 10.0. The highest BCUT2D eigenvalue weighted by Crippen LogP contribution is 2.30. The summed E-state index contributed by atoms with van der Waals surface area (Å²) in [7, 11) is 2.69. The molecule has 0 radical (unpaired) electrons. The van der Waals surface area contributed by atoms with E-state index in [1.165, 1.54) is 14.2 Å². The molecule has 0 aliphatic rings. The lowest BCUT2D eigenvalue weighted by Gasteiger charge is -2.14. The van der Waals surface area contributed by atoms with Gasteiger partial charge >= 0.3 is 5.97 Å². The van der Waals surface area contributed by atoms with Crippen LogP contribution in [0.3, 0.4) is 0 Å². The lowest BCUT2D eigenvalue weighted by Crippen LogP contribution is -2.14. The first-order valence-electron chi connectivity index (χ1n) is 4.61. The number of halogens is 1. The average molecular weight is 245 g/mol. The molecule has 0 spiro atoms. The molecule has 0 fully saturated rings. The first-order valence-corrected chi connectivity index (χ1v) is 4.99. The topological polar surface area (TPSA) is 55.8 Å². The quantitative estimate of drug-likeness (QED) is 0.825. The molecule has 4 nitrogen and oxygen atoms in total. The van der Waals surface area contributed by atoms with Crippen LogP contribution in [0.15, 0.2) is 12.1 Å². The molecule has 0 saturated carbocycles. The zero-order valence-electron chi connectivity index (χ0n) is 9.28. The Balaban J connectivity index is 3.21. The third-order valence-electron chi connectivity index (χ3n) is 2.31. The number of benzene rings is 1. The Hall–Kier alpha value is -1.26. The predicted octanol–water partition coefficient (Wildman–Crippen LogP) is 1.86. The number of esters is 1. The Labute approximate surface area is 98.7 Å². The monoisotopic (exact) mass is 244 g/mol. The Kier molecular flexibility index (Phi) is 4.15. The molecule has 88 valence electrons. The third kappa shape index (κ3) is 2.46. The summed E-state index contributed by atoms with van der Waals surface area (Å²) in [5, 5.41) is 10.2. The van der Waals surface area contributed by atoms with Gasteiger partial charge in [-0.3, -0.25) is 0 Å². The van der Waals surface area contributed by atoms with E-state index in [-0.39, 0.29) is 0 Å². The van der Waals surface area contributed by atoms with E-state index >= 15 is 0 Å². The molecule has 0 saturated heterocycles. The minimum Gasteiger partial charge on any atom is -0.497 e. The summed E-state index contributed by atoms with van der Waals surface area (Å²) in [4.78, 5) is 11.2. The molecule has 1 atom stereocenters. The van der Waals surface area contributed by atoms with Crippen LogP contribution in [0.25, 0.3) is 0 Å². The van der Waals surface area contributed by atoms with E-state index in [0.717, 1.165) is 0 Å². The molecule has 1 aromatic carbocycles. The number of rotatable bonds is 3. The first kappa shape index (κ1) is 12.8. The van der Waals surface area contributed by atoms with Crippen LogP contribution in [-0.4, -0.2) is 25.3 Å². The molecule has 16 heavy (non-hydrogen) atoms. The molecule has 5 heteroatoms. The largest absolute Gasteiger partial charge is 0.497 e. The van der Waals surface area contributed by atoms with Crippen molar-refractivity contribution in [1.29, 1.82) is 0 Å². The molecular weight excluding hydrogens is 232 g/mol. The molecule has 1 aromatic rings. The van der Waals surface area contributed by atoms with Crippen LogP contribution < -0.4 is 4.74 Å². The van der Waals surface area contributed by atoms with Gasteiger partial charge < -0.3 is 14.6 Å². The van der Waals surface area contributed by atoms with E-state index in [1.807, 2.05) is 0 Å². The average Bonchev–Trinajstić information content (AvgIpc) is 2.30. The van der Waals surface area contributed by atoms with Gasteiger partial charge in [-0.15, -0.1) is 0 Å². The summed E-state index contributed by atoms with van der Waals surface area (Å²) in [6.45, 7) is 1.71. The number of ether oxygens (including phenoxy) is 2. The number of hydrogen-bond acceptors (Lipinski definition) is 4. The van der Waals surface area contributed by atoms with Gasteiger partial charge in [-0.25, -0.2) is 4.79 Å². The maximum absolute atomic E-state index is 11.2. The maximum Gasteiger partial charge on any atom is 0.339 e. The molecule has 1 rings (SSSR count). The Morgan fingerprint density at radius 2 is 2.06 bits per heavy atom. The van der Waals surface area contributed by atoms with Crippen LogP contribution in [0, 0.1) is 6.92 Å². The maximum atomic E-state index is 11.2. The van der Waals surface area contributed by atoms with Crippen molar-refractivity contribution in [2.75, 3.05) is 14.2 Å². The molecule has 0 amide bonds. The van der Waals surface area contributed by atoms with E-state index in [2.05, 4.69) is 4.74 Å². The standard InChI is InChI=1S/C11H13ClO4/c1-6-8(10(13)11(14)16-3)4-7(15-2)5-9(6)12/h4-5,10,13H,1-3H3. The van der Waals surface area contributed by atoms with Gasteiger partial charge in [0.2, 0.25) is 0 Å². The summed E-state index contributed by atoms with van der Waals surface area (Å²) >= 11 is 5.95. The number of hydrogen-bond donors (Lipinski definition) is 1. The first-order chi connectivity index (χ1) is 7.51. The summed E-state index contributed by atoms with van der Waals surface area (Å²) in [6.07, 6.45) is -1.35. The summed E-state index contributed by atoms with van der Waals surface area (Å²) < 4.78 is 9.47. The molecule has 0 aliphatic carbocycles. The van der Waals surface area contributed by atoms with Gasteiger partial charge in [0.05, 0.1) is 14.2 Å². The molecule has 0 aliphatic heterocycles. The molecule has 1 N–H and O–H groups in total. The second-order valence-electron chi connectivity index (χ2n) is 3.25. The fraction of sp³-hybridized carbons (Fsp3) is 0.364. The van der Waals surface area contributed by atoms with Gasteiger partial charge in [-0.05, 0) is 30.2 Å². The van der Waals surface area contributed by atoms with E-state index in [4.69, 9.17) is 16.3 Å². The highest BCUT2D eigenvalue weighted by atomic mass is 35.5. The minimum absolute atomic E-state index is 0.385. The van der Waals surface area contributed by atoms with Crippen LogP contribution in [-0.2, 0) is 9.53 Å². The number of methoxy groups -OCH3 is 2. The van der Waals surface area contributed by atoms with Gasteiger partial charge in [0.1, 0.15) is 5.75 Å². The fourth-order valence-corrected chi connectivity index (χ4v) is 1.53. The summed E-state index contributed by atoms with van der Waals surface area (Å²) in [5.41, 5.74) is 1.01. The second-order valence-corrected chi connectivity index (χ2v) is 3.66. The number of aliphatic hydroxyl groups is 1. The van der Waals surface area contributed by atoms with Crippen molar-refractivity contribution in [3.05, 3.63) is 28.3 Å².